The zero-order valence-electron chi connectivity index (χ0n) is 11.7. The minimum absolute atomic E-state index is 0.0611. The van der Waals surface area contributed by atoms with Crippen molar-refractivity contribution in [3.05, 3.63) is 29.8 Å². The summed E-state index contributed by atoms with van der Waals surface area (Å²) in [6.07, 6.45) is 0.829. The Kier molecular flexibility index (Phi) is 3.78. The van der Waals surface area contributed by atoms with Crippen LogP contribution in [0.3, 0.4) is 0 Å². The first-order chi connectivity index (χ1) is 9.65. The molecule has 108 valence electrons. The summed E-state index contributed by atoms with van der Waals surface area (Å²) in [5.74, 6) is 1.37. The van der Waals surface area contributed by atoms with Crippen LogP contribution < -0.4 is 5.32 Å². The SMILES string of the molecule is CC1CC(C(=O)N2CCS(=O)CC2)c2ccccc2N1. The van der Waals surface area contributed by atoms with Crippen molar-refractivity contribution in [3.63, 3.8) is 0 Å². The molecule has 0 radical (unpaired) electrons. The van der Waals surface area contributed by atoms with Crippen molar-refractivity contribution in [2.75, 3.05) is 29.9 Å². The van der Waals surface area contributed by atoms with Crippen molar-refractivity contribution in [2.45, 2.75) is 25.3 Å². The monoisotopic (exact) mass is 292 g/mol. The Balaban J connectivity index is 1.83. The maximum atomic E-state index is 12.8. The molecule has 1 N–H and O–H groups in total. The highest BCUT2D eigenvalue weighted by Crippen LogP contribution is 2.35. The smallest absolute Gasteiger partial charge is 0.230 e. The zero-order valence-corrected chi connectivity index (χ0v) is 12.5. The molecule has 2 aliphatic rings. The lowest BCUT2D eigenvalue weighted by Gasteiger charge is -2.35. The fourth-order valence-corrected chi connectivity index (χ4v) is 4.10. The molecule has 2 atom stereocenters. The predicted octanol–water partition coefficient (Wildman–Crippen LogP) is 1.57. The van der Waals surface area contributed by atoms with Gasteiger partial charge >= 0.3 is 0 Å². The van der Waals surface area contributed by atoms with E-state index in [4.69, 9.17) is 0 Å². The summed E-state index contributed by atoms with van der Waals surface area (Å²) in [4.78, 5) is 14.7. The summed E-state index contributed by atoms with van der Waals surface area (Å²) in [5, 5.41) is 3.44. The number of benzene rings is 1. The molecule has 5 heteroatoms. The number of hydrogen-bond donors (Lipinski definition) is 1. The Hall–Kier alpha value is -1.36. The standard InChI is InChI=1S/C15H20N2O2S/c1-11-10-13(12-4-2-3-5-14(12)16-11)15(18)17-6-8-20(19)9-7-17/h2-5,11,13,16H,6-10H2,1H3. The van der Waals surface area contributed by atoms with Gasteiger partial charge in [0.15, 0.2) is 0 Å². The minimum Gasteiger partial charge on any atom is -0.382 e. The number of carbonyl (C=O) groups is 1. The number of nitrogens with zero attached hydrogens (tertiary/aromatic N) is 1. The lowest BCUT2D eigenvalue weighted by atomic mass is 9.86. The molecule has 3 rings (SSSR count). The number of fused-ring (bicyclic) bond motifs is 1. The number of rotatable bonds is 1. The van der Waals surface area contributed by atoms with Crippen LogP contribution in [0, 0.1) is 0 Å². The number of amides is 1. The van der Waals surface area contributed by atoms with Gasteiger partial charge in [0.05, 0.1) is 5.92 Å². The van der Waals surface area contributed by atoms with Crippen LogP contribution in [0.5, 0.6) is 0 Å². The summed E-state index contributed by atoms with van der Waals surface area (Å²) in [6.45, 7) is 3.37. The van der Waals surface area contributed by atoms with Gasteiger partial charge in [-0.3, -0.25) is 9.00 Å². The molecule has 1 fully saturated rings. The van der Waals surface area contributed by atoms with Crippen LogP contribution in [0.4, 0.5) is 5.69 Å². The van der Waals surface area contributed by atoms with E-state index in [1.54, 1.807) is 0 Å². The number of para-hydroxylation sites is 1. The molecule has 1 aromatic carbocycles. The van der Waals surface area contributed by atoms with Crippen molar-refractivity contribution in [2.24, 2.45) is 0 Å². The van der Waals surface area contributed by atoms with Gasteiger partial charge < -0.3 is 10.2 Å². The van der Waals surface area contributed by atoms with Crippen molar-refractivity contribution in [3.8, 4) is 0 Å². The van der Waals surface area contributed by atoms with E-state index in [2.05, 4.69) is 12.2 Å². The minimum atomic E-state index is -0.741. The average Bonchev–Trinajstić information content (AvgIpc) is 2.46. The molecule has 1 saturated heterocycles. The largest absolute Gasteiger partial charge is 0.382 e. The van der Waals surface area contributed by atoms with E-state index >= 15 is 0 Å². The average molecular weight is 292 g/mol. The molecule has 1 aromatic rings. The van der Waals surface area contributed by atoms with Gasteiger partial charge in [0.1, 0.15) is 0 Å². The molecule has 1 amide bonds. The maximum Gasteiger partial charge on any atom is 0.230 e. The molecule has 4 nitrogen and oxygen atoms in total. The van der Waals surface area contributed by atoms with E-state index in [1.165, 1.54) is 0 Å². The first kappa shape index (κ1) is 13.6. The molecule has 20 heavy (non-hydrogen) atoms. The second kappa shape index (κ2) is 5.56. The Morgan fingerprint density at radius 2 is 2.00 bits per heavy atom. The van der Waals surface area contributed by atoms with Crippen LogP contribution in [-0.2, 0) is 15.6 Å². The quantitative estimate of drug-likeness (QED) is 0.854. The lowest BCUT2D eigenvalue weighted by Crippen LogP contribution is -2.45. The third kappa shape index (κ3) is 2.59. The van der Waals surface area contributed by atoms with Gasteiger partial charge in [0, 0.05) is 47.1 Å². The highest BCUT2D eigenvalue weighted by Gasteiger charge is 2.33. The Labute approximate surface area is 122 Å². The number of nitrogens with one attached hydrogen (secondary N) is 1. The molecule has 2 heterocycles. The number of anilines is 1. The molecule has 2 aliphatic heterocycles. The Bertz CT molecular complexity index is 536. The van der Waals surface area contributed by atoms with Crippen LogP contribution in [-0.4, -0.2) is 45.7 Å². The zero-order chi connectivity index (χ0) is 14.1. The molecular weight excluding hydrogens is 272 g/mol. The second-order valence-corrected chi connectivity index (χ2v) is 7.29. The lowest BCUT2D eigenvalue weighted by molar-refractivity contribution is -0.132. The molecule has 0 aliphatic carbocycles. The van der Waals surface area contributed by atoms with Crippen LogP contribution in [0.2, 0.25) is 0 Å². The summed E-state index contributed by atoms with van der Waals surface area (Å²) in [6, 6.07) is 8.37. The Morgan fingerprint density at radius 1 is 1.30 bits per heavy atom. The van der Waals surface area contributed by atoms with Crippen LogP contribution >= 0.6 is 0 Å². The fourth-order valence-electron chi connectivity index (χ4n) is 3.05. The third-order valence-corrected chi connectivity index (χ3v) is 5.39. The highest BCUT2D eigenvalue weighted by atomic mass is 32.2. The first-order valence-electron chi connectivity index (χ1n) is 7.14. The number of carbonyl (C=O) groups excluding carboxylic acids is 1. The third-order valence-electron chi connectivity index (χ3n) is 4.11. The van der Waals surface area contributed by atoms with E-state index in [1.807, 2.05) is 29.2 Å². The van der Waals surface area contributed by atoms with Gasteiger partial charge in [-0.05, 0) is 25.0 Å². The van der Waals surface area contributed by atoms with E-state index in [0.29, 0.717) is 30.6 Å². The molecule has 2 unspecified atom stereocenters. The van der Waals surface area contributed by atoms with Crippen molar-refractivity contribution in [1.82, 2.24) is 4.90 Å². The second-order valence-electron chi connectivity index (χ2n) is 5.59. The van der Waals surface area contributed by atoms with Crippen LogP contribution in [0.25, 0.3) is 0 Å². The molecular formula is C15H20N2O2S. The number of hydrogen-bond acceptors (Lipinski definition) is 3. The summed E-state index contributed by atoms with van der Waals surface area (Å²) in [7, 11) is -0.741. The van der Waals surface area contributed by atoms with Crippen LogP contribution in [0.1, 0.15) is 24.8 Å². The van der Waals surface area contributed by atoms with Crippen molar-refractivity contribution >= 4 is 22.4 Å². The topological polar surface area (TPSA) is 49.4 Å². The normalized spacial score (nSPS) is 26.8. The Morgan fingerprint density at radius 3 is 2.75 bits per heavy atom. The predicted molar refractivity (Wildman–Crippen MR) is 81.3 cm³/mol. The van der Waals surface area contributed by atoms with Gasteiger partial charge in [-0.25, -0.2) is 0 Å². The van der Waals surface area contributed by atoms with Gasteiger partial charge in [-0.2, -0.15) is 0 Å². The maximum absolute atomic E-state index is 12.8. The molecule has 0 spiro atoms. The first-order valence-corrected chi connectivity index (χ1v) is 8.63. The summed E-state index contributed by atoms with van der Waals surface area (Å²) in [5.41, 5.74) is 2.17. The van der Waals surface area contributed by atoms with Crippen LogP contribution in [0.15, 0.2) is 24.3 Å². The van der Waals surface area contributed by atoms with E-state index in [9.17, 15) is 9.00 Å². The van der Waals surface area contributed by atoms with Gasteiger partial charge in [0.2, 0.25) is 5.91 Å². The highest BCUT2D eigenvalue weighted by molar-refractivity contribution is 7.85. The summed E-state index contributed by atoms with van der Waals surface area (Å²) >= 11 is 0. The van der Waals surface area contributed by atoms with Gasteiger partial charge in [-0.1, -0.05) is 18.2 Å². The summed E-state index contributed by atoms with van der Waals surface area (Å²) < 4.78 is 11.4. The van der Waals surface area contributed by atoms with Crippen molar-refractivity contribution < 1.29 is 9.00 Å². The fraction of sp³-hybridized carbons (Fsp3) is 0.533. The van der Waals surface area contributed by atoms with E-state index in [-0.39, 0.29) is 11.8 Å². The molecule has 0 saturated carbocycles. The van der Waals surface area contributed by atoms with E-state index < -0.39 is 10.8 Å². The molecule has 0 bridgehead atoms. The molecule has 0 aromatic heterocycles. The van der Waals surface area contributed by atoms with E-state index in [0.717, 1.165) is 17.7 Å². The van der Waals surface area contributed by atoms with Gasteiger partial charge in [0.25, 0.3) is 0 Å². The van der Waals surface area contributed by atoms with Crippen molar-refractivity contribution in [1.29, 1.82) is 0 Å². The van der Waals surface area contributed by atoms with Gasteiger partial charge in [-0.15, -0.1) is 0 Å².